The van der Waals surface area contributed by atoms with Gasteiger partial charge in [0, 0.05) is 17.6 Å². The van der Waals surface area contributed by atoms with Gasteiger partial charge in [-0.15, -0.1) is 0 Å². The third-order valence-corrected chi connectivity index (χ3v) is 5.40. The standard InChI is InChI=1S/C23H28BrClN2O4/c1-5-20(23(29)26-15(2)3)27(13-16-7-6-8-18(11-16)30-4)22(28)14-31-21-10-9-17(25)12-19(21)24/h6-12,15,20H,5,13-14H2,1-4H3,(H,26,29). The number of hydrogen-bond acceptors (Lipinski definition) is 4. The summed E-state index contributed by atoms with van der Waals surface area (Å²) < 4.78 is 11.7. The maximum atomic E-state index is 13.2. The maximum Gasteiger partial charge on any atom is 0.261 e. The molecule has 0 aromatic heterocycles. The van der Waals surface area contributed by atoms with Crippen LogP contribution in [0.5, 0.6) is 11.5 Å². The highest BCUT2D eigenvalue weighted by Crippen LogP contribution is 2.28. The molecule has 0 aliphatic heterocycles. The van der Waals surface area contributed by atoms with Crippen molar-refractivity contribution in [3.05, 3.63) is 57.5 Å². The number of carbonyl (C=O) groups is 2. The molecule has 1 N–H and O–H groups in total. The average molecular weight is 512 g/mol. The number of ether oxygens (including phenoxy) is 2. The van der Waals surface area contributed by atoms with Gasteiger partial charge in [0.25, 0.3) is 5.91 Å². The van der Waals surface area contributed by atoms with Crippen molar-refractivity contribution in [1.29, 1.82) is 0 Å². The van der Waals surface area contributed by atoms with E-state index in [1.165, 1.54) is 0 Å². The second-order valence-electron chi connectivity index (χ2n) is 7.32. The van der Waals surface area contributed by atoms with Crippen molar-refractivity contribution >= 4 is 39.3 Å². The van der Waals surface area contributed by atoms with Gasteiger partial charge in [-0.25, -0.2) is 0 Å². The zero-order chi connectivity index (χ0) is 23.0. The van der Waals surface area contributed by atoms with Crippen molar-refractivity contribution in [1.82, 2.24) is 10.2 Å². The minimum absolute atomic E-state index is 0.0309. The molecule has 6 nitrogen and oxygen atoms in total. The topological polar surface area (TPSA) is 67.9 Å². The monoisotopic (exact) mass is 510 g/mol. The summed E-state index contributed by atoms with van der Waals surface area (Å²) in [5.74, 6) is 0.696. The summed E-state index contributed by atoms with van der Waals surface area (Å²) in [5.41, 5.74) is 0.858. The first-order valence-corrected chi connectivity index (χ1v) is 11.2. The van der Waals surface area contributed by atoms with Crippen molar-refractivity contribution in [2.24, 2.45) is 0 Å². The Hall–Kier alpha value is -2.25. The van der Waals surface area contributed by atoms with E-state index in [1.807, 2.05) is 45.0 Å². The van der Waals surface area contributed by atoms with Crippen molar-refractivity contribution in [3.63, 3.8) is 0 Å². The fourth-order valence-corrected chi connectivity index (χ4v) is 3.88. The molecule has 0 aliphatic rings. The number of rotatable bonds is 10. The van der Waals surface area contributed by atoms with Gasteiger partial charge in [0.1, 0.15) is 17.5 Å². The molecule has 1 atom stereocenters. The highest BCUT2D eigenvalue weighted by Gasteiger charge is 2.29. The van der Waals surface area contributed by atoms with Crippen LogP contribution in [-0.4, -0.2) is 42.5 Å². The van der Waals surface area contributed by atoms with E-state index in [0.717, 1.165) is 5.56 Å². The van der Waals surface area contributed by atoms with Crippen LogP contribution in [0.3, 0.4) is 0 Å². The van der Waals surface area contributed by atoms with E-state index in [0.29, 0.717) is 27.4 Å². The van der Waals surface area contributed by atoms with Crippen molar-refractivity contribution in [3.8, 4) is 11.5 Å². The molecule has 2 aromatic carbocycles. The number of carbonyl (C=O) groups excluding carboxylic acids is 2. The van der Waals surface area contributed by atoms with Crippen molar-refractivity contribution in [2.45, 2.75) is 45.8 Å². The molecule has 0 radical (unpaired) electrons. The first-order chi connectivity index (χ1) is 14.7. The molecule has 0 fully saturated rings. The number of nitrogens with zero attached hydrogens (tertiary/aromatic N) is 1. The predicted octanol–water partition coefficient (Wildman–Crippen LogP) is 4.82. The maximum absolute atomic E-state index is 13.2. The lowest BCUT2D eigenvalue weighted by Gasteiger charge is -2.31. The molecule has 0 spiro atoms. The van der Waals surface area contributed by atoms with Crippen molar-refractivity contribution in [2.75, 3.05) is 13.7 Å². The smallest absolute Gasteiger partial charge is 0.261 e. The fraction of sp³-hybridized carbons (Fsp3) is 0.391. The highest BCUT2D eigenvalue weighted by atomic mass is 79.9. The summed E-state index contributed by atoms with van der Waals surface area (Å²) in [6.07, 6.45) is 0.471. The summed E-state index contributed by atoms with van der Waals surface area (Å²) in [6.45, 7) is 5.70. The Morgan fingerprint density at radius 2 is 1.94 bits per heavy atom. The lowest BCUT2D eigenvalue weighted by Crippen LogP contribution is -2.51. The van der Waals surface area contributed by atoms with Gasteiger partial charge in [-0.1, -0.05) is 30.7 Å². The van der Waals surface area contributed by atoms with Crippen LogP contribution in [0.2, 0.25) is 5.02 Å². The Morgan fingerprint density at radius 1 is 1.19 bits per heavy atom. The average Bonchev–Trinajstić information content (AvgIpc) is 2.72. The molecule has 0 saturated carbocycles. The largest absolute Gasteiger partial charge is 0.497 e. The molecular formula is C23H28BrClN2O4. The summed E-state index contributed by atoms with van der Waals surface area (Å²) in [6, 6.07) is 11.8. The normalized spacial score (nSPS) is 11.7. The fourth-order valence-electron chi connectivity index (χ4n) is 3.08. The Kier molecular flexibility index (Phi) is 9.65. The first kappa shape index (κ1) is 25.0. The van der Waals surface area contributed by atoms with Crippen LogP contribution in [0.25, 0.3) is 0 Å². The zero-order valence-corrected chi connectivity index (χ0v) is 20.5. The summed E-state index contributed by atoms with van der Waals surface area (Å²) in [5, 5.41) is 3.46. The van der Waals surface area contributed by atoms with Crippen LogP contribution in [0.4, 0.5) is 0 Å². The van der Waals surface area contributed by atoms with Gasteiger partial charge in [0.05, 0.1) is 11.6 Å². The van der Waals surface area contributed by atoms with Gasteiger partial charge >= 0.3 is 0 Å². The van der Waals surface area contributed by atoms with Crippen LogP contribution < -0.4 is 14.8 Å². The molecule has 2 aromatic rings. The summed E-state index contributed by atoms with van der Waals surface area (Å²) >= 11 is 9.35. The van der Waals surface area contributed by atoms with Crippen molar-refractivity contribution < 1.29 is 19.1 Å². The SMILES string of the molecule is CCC(C(=O)NC(C)C)N(Cc1cccc(OC)c1)C(=O)COc1ccc(Cl)cc1Br. The second-order valence-corrected chi connectivity index (χ2v) is 8.61. The van der Waals surface area contributed by atoms with Gasteiger partial charge in [-0.3, -0.25) is 9.59 Å². The molecule has 8 heteroatoms. The van der Waals surface area contributed by atoms with E-state index in [-0.39, 0.29) is 31.0 Å². The Morgan fingerprint density at radius 3 is 2.55 bits per heavy atom. The molecule has 0 heterocycles. The zero-order valence-electron chi connectivity index (χ0n) is 18.2. The Labute approximate surface area is 197 Å². The summed E-state index contributed by atoms with van der Waals surface area (Å²) in [4.78, 5) is 27.6. The van der Waals surface area contributed by atoms with Gasteiger partial charge in [0.2, 0.25) is 5.91 Å². The Balaban J connectivity index is 2.25. The summed E-state index contributed by atoms with van der Waals surface area (Å²) in [7, 11) is 1.59. The van der Waals surface area contributed by atoms with Gasteiger partial charge in [0.15, 0.2) is 6.61 Å². The highest BCUT2D eigenvalue weighted by molar-refractivity contribution is 9.10. The lowest BCUT2D eigenvalue weighted by molar-refractivity contribution is -0.143. The van der Waals surface area contributed by atoms with Crippen LogP contribution in [0, 0.1) is 0 Å². The van der Waals surface area contributed by atoms with E-state index in [4.69, 9.17) is 21.1 Å². The molecule has 1 unspecified atom stereocenters. The number of hydrogen-bond donors (Lipinski definition) is 1. The third kappa shape index (κ3) is 7.43. The molecule has 168 valence electrons. The van der Waals surface area contributed by atoms with E-state index in [9.17, 15) is 9.59 Å². The molecule has 31 heavy (non-hydrogen) atoms. The van der Waals surface area contributed by atoms with Gasteiger partial charge in [-0.2, -0.15) is 0 Å². The molecule has 2 amide bonds. The van der Waals surface area contributed by atoms with E-state index in [2.05, 4.69) is 21.2 Å². The molecule has 0 saturated heterocycles. The van der Waals surface area contributed by atoms with Gasteiger partial charge in [-0.05, 0) is 72.1 Å². The Bertz CT molecular complexity index is 907. The molecular weight excluding hydrogens is 484 g/mol. The number of halogens is 2. The first-order valence-electron chi connectivity index (χ1n) is 10.1. The van der Waals surface area contributed by atoms with Crippen LogP contribution in [0.1, 0.15) is 32.8 Å². The number of amides is 2. The van der Waals surface area contributed by atoms with E-state index < -0.39 is 6.04 Å². The molecule has 0 aliphatic carbocycles. The third-order valence-electron chi connectivity index (χ3n) is 4.55. The van der Waals surface area contributed by atoms with E-state index >= 15 is 0 Å². The minimum atomic E-state index is -0.627. The van der Waals surface area contributed by atoms with Crippen LogP contribution in [0.15, 0.2) is 46.9 Å². The number of benzene rings is 2. The van der Waals surface area contributed by atoms with Crippen LogP contribution >= 0.6 is 27.5 Å². The van der Waals surface area contributed by atoms with Crippen LogP contribution in [-0.2, 0) is 16.1 Å². The number of nitrogens with one attached hydrogen (secondary N) is 1. The minimum Gasteiger partial charge on any atom is -0.497 e. The predicted molar refractivity (Wildman–Crippen MR) is 126 cm³/mol. The van der Waals surface area contributed by atoms with E-state index in [1.54, 1.807) is 30.2 Å². The molecule has 2 rings (SSSR count). The quantitative estimate of drug-likeness (QED) is 0.496. The number of methoxy groups -OCH3 is 1. The second kappa shape index (κ2) is 12.0. The lowest BCUT2D eigenvalue weighted by atomic mass is 10.1. The van der Waals surface area contributed by atoms with Gasteiger partial charge < -0.3 is 19.7 Å². The molecule has 0 bridgehead atoms.